The molecule has 0 aliphatic heterocycles. The topological polar surface area (TPSA) is 55.1 Å². The molecule has 20 heavy (non-hydrogen) atoms. The van der Waals surface area contributed by atoms with Crippen LogP contribution < -0.4 is 5.32 Å². The van der Waals surface area contributed by atoms with Gasteiger partial charge in [0.25, 0.3) is 0 Å². The zero-order chi connectivity index (χ0) is 14.5. The van der Waals surface area contributed by atoms with Gasteiger partial charge in [-0.2, -0.15) is 0 Å². The van der Waals surface area contributed by atoms with Crippen LogP contribution in [-0.2, 0) is 4.79 Å². The Balaban J connectivity index is 2.00. The fraction of sp³-hybridized carbons (Fsp3) is 0.333. The molecule has 1 atom stereocenters. The van der Waals surface area contributed by atoms with Crippen LogP contribution in [0, 0.1) is 13.8 Å². The molecule has 0 aliphatic rings. The molecule has 0 fully saturated rings. The third kappa shape index (κ3) is 3.87. The smallest absolute Gasteiger partial charge is 0.239 e. The number of aromatic nitrogens is 1. The Morgan fingerprint density at radius 2 is 2.05 bits per heavy atom. The van der Waals surface area contributed by atoms with Crippen LogP contribution in [0.3, 0.4) is 0 Å². The number of thioether (sulfide) groups is 1. The quantitative estimate of drug-likeness (QED) is 0.851. The van der Waals surface area contributed by atoms with Crippen LogP contribution in [0.1, 0.15) is 24.7 Å². The third-order valence-corrected chi connectivity index (χ3v) is 4.22. The van der Waals surface area contributed by atoms with Crippen molar-refractivity contribution in [3.8, 4) is 0 Å². The Kier molecular flexibility index (Phi) is 4.84. The van der Waals surface area contributed by atoms with Gasteiger partial charge in [0.05, 0.1) is 5.25 Å². The highest BCUT2D eigenvalue weighted by atomic mass is 32.2. The van der Waals surface area contributed by atoms with Crippen LogP contribution in [0.25, 0.3) is 0 Å². The van der Waals surface area contributed by atoms with Crippen molar-refractivity contribution < 1.29 is 9.32 Å². The molecule has 0 radical (unpaired) electrons. The molecule has 0 spiro atoms. The van der Waals surface area contributed by atoms with Gasteiger partial charge in [-0.05, 0) is 32.4 Å². The van der Waals surface area contributed by atoms with Crippen LogP contribution in [0.15, 0.2) is 39.8 Å². The summed E-state index contributed by atoms with van der Waals surface area (Å²) in [6, 6.07) is 9.88. The normalized spacial score (nSPS) is 12.2. The number of carbonyl (C=O) groups is 1. The Hall–Kier alpha value is -1.75. The summed E-state index contributed by atoms with van der Waals surface area (Å²) in [6.45, 7) is 5.84. The van der Waals surface area contributed by atoms with Crippen LogP contribution in [0.5, 0.6) is 0 Å². The average molecular weight is 290 g/mol. The average Bonchev–Trinajstić information content (AvgIpc) is 2.83. The highest BCUT2D eigenvalue weighted by Gasteiger charge is 2.19. The molecule has 106 valence electrons. The molecular formula is C15H18N2O2S. The lowest BCUT2D eigenvalue weighted by Gasteiger charge is -2.13. The first-order valence-electron chi connectivity index (χ1n) is 6.56. The first kappa shape index (κ1) is 14.7. The largest absolute Gasteiger partial charge is 0.360 e. The zero-order valence-corrected chi connectivity index (χ0v) is 12.7. The summed E-state index contributed by atoms with van der Waals surface area (Å²) in [5.41, 5.74) is 1.21. The molecule has 1 aromatic carbocycles. The molecule has 0 saturated carbocycles. The number of nitrogens with one attached hydrogen (secondary N) is 1. The van der Waals surface area contributed by atoms with Crippen molar-refractivity contribution in [3.05, 3.63) is 41.7 Å². The van der Waals surface area contributed by atoms with Gasteiger partial charge in [0.1, 0.15) is 5.76 Å². The highest BCUT2D eigenvalue weighted by Crippen LogP contribution is 2.26. The number of aryl methyl sites for hydroxylation is 2. The molecule has 0 bridgehead atoms. The zero-order valence-electron chi connectivity index (χ0n) is 11.8. The number of hydrogen-bond acceptors (Lipinski definition) is 4. The monoisotopic (exact) mass is 290 g/mol. The highest BCUT2D eigenvalue weighted by molar-refractivity contribution is 8.00. The number of anilines is 1. The van der Waals surface area contributed by atoms with Gasteiger partial charge in [-0.15, -0.1) is 11.8 Å². The van der Waals surface area contributed by atoms with Gasteiger partial charge in [0.15, 0.2) is 5.82 Å². The molecule has 1 heterocycles. The van der Waals surface area contributed by atoms with Gasteiger partial charge >= 0.3 is 0 Å². The standard InChI is InChI=1S/C15H18N2O2S/c1-4-13(20-12-7-5-10(2)6-8-12)15(18)16-14-9-11(3)19-17-14/h5-9,13H,4H2,1-3H3,(H,16,17,18). The number of rotatable bonds is 5. The number of carbonyl (C=O) groups excluding carboxylic acids is 1. The molecular weight excluding hydrogens is 272 g/mol. The van der Waals surface area contributed by atoms with Crippen molar-refractivity contribution in [1.29, 1.82) is 0 Å². The fourth-order valence-corrected chi connectivity index (χ4v) is 2.69. The van der Waals surface area contributed by atoms with E-state index < -0.39 is 0 Å². The second-order valence-electron chi connectivity index (χ2n) is 4.64. The predicted octanol–water partition coefficient (Wildman–Crippen LogP) is 3.80. The molecule has 1 N–H and O–H groups in total. The molecule has 5 heteroatoms. The first-order valence-corrected chi connectivity index (χ1v) is 7.44. The van der Waals surface area contributed by atoms with Crippen molar-refractivity contribution in [2.24, 2.45) is 0 Å². The number of hydrogen-bond donors (Lipinski definition) is 1. The molecule has 2 rings (SSSR count). The SMILES string of the molecule is CCC(Sc1ccc(C)cc1)C(=O)Nc1cc(C)on1. The summed E-state index contributed by atoms with van der Waals surface area (Å²) in [4.78, 5) is 13.3. The Bertz CT molecular complexity index is 578. The van der Waals surface area contributed by atoms with Gasteiger partial charge in [-0.1, -0.05) is 29.8 Å². The maximum absolute atomic E-state index is 12.2. The first-order chi connectivity index (χ1) is 9.58. The Labute approximate surface area is 122 Å². The van der Waals surface area contributed by atoms with Crippen molar-refractivity contribution in [3.63, 3.8) is 0 Å². The molecule has 0 aliphatic carbocycles. The third-order valence-electron chi connectivity index (χ3n) is 2.84. The molecule has 1 aromatic heterocycles. The number of amides is 1. The van der Waals surface area contributed by atoms with Crippen LogP contribution in [0.4, 0.5) is 5.82 Å². The summed E-state index contributed by atoms with van der Waals surface area (Å²) >= 11 is 1.56. The van der Waals surface area contributed by atoms with Gasteiger partial charge in [0.2, 0.25) is 5.91 Å². The van der Waals surface area contributed by atoms with Gasteiger partial charge in [-0.25, -0.2) is 0 Å². The molecule has 1 unspecified atom stereocenters. The molecule has 2 aromatic rings. The molecule has 1 amide bonds. The van der Waals surface area contributed by atoms with Gasteiger partial charge < -0.3 is 9.84 Å². The lowest BCUT2D eigenvalue weighted by molar-refractivity contribution is -0.115. The molecule has 4 nitrogen and oxygen atoms in total. The van der Waals surface area contributed by atoms with Crippen LogP contribution in [0.2, 0.25) is 0 Å². The van der Waals surface area contributed by atoms with Crippen molar-refractivity contribution in [2.75, 3.05) is 5.32 Å². The summed E-state index contributed by atoms with van der Waals surface area (Å²) in [6.07, 6.45) is 0.751. The van der Waals surface area contributed by atoms with E-state index in [1.54, 1.807) is 24.8 Å². The minimum atomic E-state index is -0.144. The van der Waals surface area contributed by atoms with E-state index in [1.807, 2.05) is 38.1 Å². The Morgan fingerprint density at radius 3 is 2.60 bits per heavy atom. The van der Waals surface area contributed by atoms with Crippen molar-refractivity contribution >= 4 is 23.5 Å². The van der Waals surface area contributed by atoms with Crippen molar-refractivity contribution in [2.45, 2.75) is 37.3 Å². The van der Waals surface area contributed by atoms with E-state index >= 15 is 0 Å². The second-order valence-corrected chi connectivity index (χ2v) is 5.92. The number of benzene rings is 1. The minimum absolute atomic E-state index is 0.0497. The summed E-state index contributed by atoms with van der Waals surface area (Å²) in [5.74, 6) is 1.10. The summed E-state index contributed by atoms with van der Waals surface area (Å²) in [5, 5.41) is 6.41. The van der Waals surface area contributed by atoms with E-state index in [2.05, 4.69) is 10.5 Å². The second kappa shape index (κ2) is 6.61. The Morgan fingerprint density at radius 1 is 1.35 bits per heavy atom. The lowest BCUT2D eigenvalue weighted by atomic mass is 10.2. The van der Waals surface area contributed by atoms with Gasteiger partial charge in [0, 0.05) is 11.0 Å². The van der Waals surface area contributed by atoms with E-state index in [1.165, 1.54) is 5.56 Å². The van der Waals surface area contributed by atoms with E-state index in [4.69, 9.17) is 4.52 Å². The fourth-order valence-electron chi connectivity index (χ4n) is 1.74. The van der Waals surface area contributed by atoms with Crippen LogP contribution in [-0.4, -0.2) is 16.3 Å². The van der Waals surface area contributed by atoms with E-state index in [9.17, 15) is 4.79 Å². The summed E-state index contributed by atoms with van der Waals surface area (Å²) in [7, 11) is 0. The van der Waals surface area contributed by atoms with Gasteiger partial charge in [-0.3, -0.25) is 4.79 Å². The maximum Gasteiger partial charge on any atom is 0.239 e. The molecule has 0 saturated heterocycles. The predicted molar refractivity (Wildman–Crippen MR) is 81.0 cm³/mol. The number of nitrogens with zero attached hydrogens (tertiary/aromatic N) is 1. The minimum Gasteiger partial charge on any atom is -0.360 e. The van der Waals surface area contributed by atoms with E-state index in [0.29, 0.717) is 11.6 Å². The maximum atomic E-state index is 12.2. The van der Waals surface area contributed by atoms with Crippen molar-refractivity contribution in [1.82, 2.24) is 5.16 Å². The van der Waals surface area contributed by atoms with E-state index in [0.717, 1.165) is 11.3 Å². The lowest BCUT2D eigenvalue weighted by Crippen LogP contribution is -2.24. The van der Waals surface area contributed by atoms with E-state index in [-0.39, 0.29) is 11.2 Å². The van der Waals surface area contributed by atoms with Crippen LogP contribution >= 0.6 is 11.8 Å². The summed E-state index contributed by atoms with van der Waals surface area (Å²) < 4.78 is 4.94.